The first-order chi connectivity index (χ1) is 15.5. The summed E-state index contributed by atoms with van der Waals surface area (Å²) in [5.41, 5.74) is 2.64. The predicted octanol–water partition coefficient (Wildman–Crippen LogP) is 4.14. The fraction of sp³-hybridized carbons (Fsp3) is 0.182. The first-order valence-electron chi connectivity index (χ1n) is 9.83. The maximum Gasteiger partial charge on any atom is 0.261 e. The Morgan fingerprint density at radius 2 is 2.03 bits per heavy atom. The molecule has 0 bridgehead atoms. The van der Waals surface area contributed by atoms with Crippen molar-refractivity contribution in [3.63, 3.8) is 0 Å². The number of benzene rings is 2. The van der Waals surface area contributed by atoms with Crippen LogP contribution in [0.1, 0.15) is 23.0 Å². The molecular weight excluding hydrogens is 432 g/mol. The van der Waals surface area contributed by atoms with Crippen molar-refractivity contribution in [2.24, 2.45) is 0 Å². The summed E-state index contributed by atoms with van der Waals surface area (Å²) in [6, 6.07) is 12.6. The molecule has 0 spiro atoms. The van der Waals surface area contributed by atoms with Gasteiger partial charge in [-0.1, -0.05) is 24.6 Å². The van der Waals surface area contributed by atoms with E-state index in [1.54, 1.807) is 49.2 Å². The van der Waals surface area contributed by atoms with Crippen molar-refractivity contribution in [2.45, 2.75) is 13.3 Å². The fourth-order valence-electron chi connectivity index (χ4n) is 3.34. The van der Waals surface area contributed by atoms with E-state index in [-0.39, 0.29) is 11.9 Å². The van der Waals surface area contributed by atoms with E-state index in [1.165, 1.54) is 6.20 Å². The Bertz CT molecular complexity index is 1270. The molecule has 4 rings (SSSR count). The number of carbonyl (C=O) groups is 1. The highest BCUT2D eigenvalue weighted by Crippen LogP contribution is 2.31. The first-order valence-corrected chi connectivity index (χ1v) is 10.2. The second kappa shape index (κ2) is 9.11. The molecule has 10 heteroatoms. The zero-order valence-electron chi connectivity index (χ0n) is 17.7. The number of hydrogen-bond donors (Lipinski definition) is 2. The van der Waals surface area contributed by atoms with E-state index in [9.17, 15) is 4.79 Å². The molecule has 0 radical (unpaired) electrons. The third kappa shape index (κ3) is 4.15. The minimum absolute atomic E-state index is 0.139. The molecule has 2 N–H and O–H groups in total. The van der Waals surface area contributed by atoms with Crippen LogP contribution in [0.3, 0.4) is 0 Å². The van der Waals surface area contributed by atoms with Crippen LogP contribution >= 0.6 is 11.6 Å². The number of methoxy groups -OCH3 is 2. The number of halogens is 1. The van der Waals surface area contributed by atoms with Crippen molar-refractivity contribution in [2.75, 3.05) is 19.5 Å². The van der Waals surface area contributed by atoms with Crippen molar-refractivity contribution >= 4 is 23.5 Å². The maximum absolute atomic E-state index is 12.9. The van der Waals surface area contributed by atoms with Gasteiger partial charge in [0.05, 0.1) is 42.9 Å². The lowest BCUT2D eigenvalue weighted by Gasteiger charge is -2.08. The highest BCUT2D eigenvalue weighted by atomic mass is 35.5. The summed E-state index contributed by atoms with van der Waals surface area (Å²) in [7, 11) is 3.14. The van der Waals surface area contributed by atoms with Crippen molar-refractivity contribution in [1.82, 2.24) is 25.0 Å². The number of nitrogens with one attached hydrogen (secondary N) is 2. The Hall–Kier alpha value is -3.85. The van der Waals surface area contributed by atoms with Gasteiger partial charge < -0.3 is 9.47 Å². The molecule has 9 nitrogen and oxygen atoms in total. The molecule has 0 fully saturated rings. The van der Waals surface area contributed by atoms with Crippen LogP contribution in [-0.2, 0) is 6.42 Å². The average molecular weight is 453 g/mol. The van der Waals surface area contributed by atoms with Gasteiger partial charge in [0.1, 0.15) is 11.5 Å². The third-order valence-corrected chi connectivity index (χ3v) is 5.11. The summed E-state index contributed by atoms with van der Waals surface area (Å²) < 4.78 is 12.3. The summed E-state index contributed by atoms with van der Waals surface area (Å²) >= 11 is 6.10. The van der Waals surface area contributed by atoms with Crippen LogP contribution in [0.15, 0.2) is 48.7 Å². The van der Waals surface area contributed by atoms with Crippen LogP contribution < -0.4 is 14.8 Å². The molecule has 0 saturated carbocycles. The largest absolute Gasteiger partial charge is 0.497 e. The minimum atomic E-state index is -0.359. The second-order valence-electron chi connectivity index (χ2n) is 6.78. The normalized spacial score (nSPS) is 10.8. The van der Waals surface area contributed by atoms with Gasteiger partial charge in [-0.15, -0.1) is 5.10 Å². The van der Waals surface area contributed by atoms with Gasteiger partial charge in [-0.25, -0.2) is 4.68 Å². The predicted molar refractivity (Wildman–Crippen MR) is 121 cm³/mol. The van der Waals surface area contributed by atoms with Crippen LogP contribution in [0.4, 0.5) is 5.95 Å². The smallest absolute Gasteiger partial charge is 0.261 e. The molecule has 1 amide bonds. The Morgan fingerprint density at radius 1 is 1.19 bits per heavy atom. The molecule has 4 aromatic rings. The first kappa shape index (κ1) is 21.4. The molecule has 0 aliphatic rings. The highest BCUT2D eigenvalue weighted by Gasteiger charge is 2.20. The van der Waals surface area contributed by atoms with Gasteiger partial charge in [0.15, 0.2) is 5.82 Å². The van der Waals surface area contributed by atoms with Crippen molar-refractivity contribution < 1.29 is 14.3 Å². The van der Waals surface area contributed by atoms with Gasteiger partial charge >= 0.3 is 0 Å². The highest BCUT2D eigenvalue weighted by molar-refractivity contribution is 6.30. The average Bonchev–Trinajstić information content (AvgIpc) is 3.45. The van der Waals surface area contributed by atoms with Crippen LogP contribution in [0.5, 0.6) is 11.5 Å². The maximum atomic E-state index is 12.9. The monoisotopic (exact) mass is 452 g/mol. The Kier molecular flexibility index (Phi) is 6.09. The summed E-state index contributed by atoms with van der Waals surface area (Å²) in [4.78, 5) is 17.3. The Balaban J connectivity index is 1.58. The molecule has 0 unspecified atom stereocenters. The van der Waals surface area contributed by atoms with Crippen molar-refractivity contribution in [3.8, 4) is 28.6 Å². The number of aromatic nitrogens is 5. The fourth-order valence-corrected chi connectivity index (χ4v) is 3.52. The number of rotatable bonds is 7. The van der Waals surface area contributed by atoms with E-state index in [1.807, 2.05) is 19.1 Å². The molecule has 0 aliphatic carbocycles. The number of nitrogens with zero attached hydrogens (tertiary/aromatic N) is 4. The quantitative estimate of drug-likeness (QED) is 0.436. The second-order valence-corrected chi connectivity index (χ2v) is 7.21. The number of H-pyrrole nitrogens is 1. The van der Waals surface area contributed by atoms with E-state index in [0.717, 1.165) is 11.4 Å². The van der Waals surface area contributed by atoms with E-state index in [2.05, 4.69) is 25.6 Å². The molecule has 0 aliphatic heterocycles. The minimum Gasteiger partial charge on any atom is -0.497 e. The molecule has 2 aromatic heterocycles. The van der Waals surface area contributed by atoms with Crippen LogP contribution in [-0.4, -0.2) is 45.1 Å². The number of aromatic amines is 1. The van der Waals surface area contributed by atoms with Crippen LogP contribution in [0.25, 0.3) is 17.1 Å². The van der Waals surface area contributed by atoms with Gasteiger partial charge in [-0.2, -0.15) is 10.1 Å². The molecule has 0 atom stereocenters. The van der Waals surface area contributed by atoms with Crippen molar-refractivity contribution in [1.29, 1.82) is 0 Å². The summed E-state index contributed by atoms with van der Waals surface area (Å²) in [5, 5.41) is 14.6. The number of ether oxygens (including phenoxy) is 2. The molecule has 2 aromatic carbocycles. The van der Waals surface area contributed by atoms with Gasteiger partial charge in [0, 0.05) is 11.1 Å². The van der Waals surface area contributed by atoms with E-state index >= 15 is 0 Å². The lowest BCUT2D eigenvalue weighted by Crippen LogP contribution is -2.15. The topological polar surface area (TPSA) is 107 Å². The van der Waals surface area contributed by atoms with E-state index < -0.39 is 0 Å². The van der Waals surface area contributed by atoms with Gasteiger partial charge in [-0.3, -0.25) is 15.2 Å². The summed E-state index contributed by atoms with van der Waals surface area (Å²) in [6.07, 6.45) is 2.12. The molecule has 32 heavy (non-hydrogen) atoms. The lowest BCUT2D eigenvalue weighted by atomic mass is 10.2. The molecule has 2 heterocycles. The van der Waals surface area contributed by atoms with Crippen LogP contribution in [0, 0.1) is 0 Å². The number of amides is 1. The van der Waals surface area contributed by atoms with Gasteiger partial charge in [-0.05, 0) is 36.8 Å². The van der Waals surface area contributed by atoms with Crippen LogP contribution in [0.2, 0.25) is 5.02 Å². The lowest BCUT2D eigenvalue weighted by molar-refractivity contribution is 0.102. The Morgan fingerprint density at radius 3 is 2.75 bits per heavy atom. The third-order valence-electron chi connectivity index (χ3n) is 4.88. The standard InChI is InChI=1S/C22H21ClN6O3/c1-4-18-17(12-24-29(18)14-7-5-6-13(23)10-14)21(30)26-22-25-20(27-28-22)16-9-8-15(31-2)11-19(16)32-3/h5-12H,4H2,1-3H3,(H2,25,26,27,28,30). The molecule has 0 saturated heterocycles. The SMILES string of the molecule is CCc1c(C(=O)Nc2n[nH]c(-c3ccc(OC)cc3OC)n2)cnn1-c1cccc(Cl)c1. The molecular formula is C22H21ClN6O3. The van der Waals surface area contributed by atoms with Gasteiger partial charge in [0.2, 0.25) is 5.95 Å². The van der Waals surface area contributed by atoms with E-state index in [4.69, 9.17) is 21.1 Å². The van der Waals surface area contributed by atoms with Gasteiger partial charge in [0.25, 0.3) is 5.91 Å². The number of anilines is 1. The van der Waals surface area contributed by atoms with Crippen molar-refractivity contribution in [3.05, 3.63) is 64.9 Å². The summed E-state index contributed by atoms with van der Waals surface area (Å²) in [6.45, 7) is 1.95. The Labute approximate surface area is 189 Å². The zero-order valence-corrected chi connectivity index (χ0v) is 18.5. The number of hydrogen-bond acceptors (Lipinski definition) is 6. The molecule has 164 valence electrons. The zero-order chi connectivity index (χ0) is 22.7. The number of carbonyl (C=O) groups excluding carboxylic acids is 1. The van der Waals surface area contributed by atoms with E-state index in [0.29, 0.717) is 39.9 Å². The summed E-state index contributed by atoms with van der Waals surface area (Å²) in [5.74, 6) is 1.45.